The fraction of sp³-hybridized carbons (Fsp3) is 0.500. The number of sulfone groups is 2. The molecule has 2 aliphatic heterocycles. The van der Waals surface area contributed by atoms with Gasteiger partial charge in [-0.1, -0.05) is 26.0 Å². The van der Waals surface area contributed by atoms with Crippen LogP contribution < -0.4 is 9.80 Å². The van der Waals surface area contributed by atoms with E-state index in [1.807, 2.05) is 55.6 Å². The average Bonchev–Trinajstić information content (AvgIpc) is 4.19. The smallest absolute Gasteiger partial charge is 0.410 e. The van der Waals surface area contributed by atoms with Crippen molar-refractivity contribution in [3.05, 3.63) is 105 Å². The molecule has 6 aromatic rings. The summed E-state index contributed by atoms with van der Waals surface area (Å²) in [7, 11) is -3.13. The Morgan fingerprint density at radius 3 is 1.47 bits per heavy atom. The topological polar surface area (TPSA) is 169 Å². The summed E-state index contributed by atoms with van der Waals surface area (Å²) < 4.78 is 124. The molecule has 0 radical (unpaired) electrons. The lowest BCUT2D eigenvalue weighted by Gasteiger charge is -2.37. The Morgan fingerprint density at radius 2 is 1.04 bits per heavy atom. The molecule has 2 amide bonds. The molecule has 79 heavy (non-hydrogen) atoms. The van der Waals surface area contributed by atoms with Gasteiger partial charge in [0.2, 0.25) is 0 Å². The normalized spacial score (nSPS) is 15.1. The van der Waals surface area contributed by atoms with Crippen LogP contribution in [0.4, 0.5) is 38.8 Å². The molecule has 2 fully saturated rings. The van der Waals surface area contributed by atoms with Gasteiger partial charge in [0.25, 0.3) is 0 Å². The minimum Gasteiger partial charge on any atom is -0.444 e. The molecule has 0 atom stereocenters. The average molecular weight is 1250 g/mol. The number of fused-ring (bicyclic) bond motifs is 2. The molecule has 8 rings (SSSR count). The van der Waals surface area contributed by atoms with Gasteiger partial charge in [-0.2, -0.15) is 0 Å². The van der Waals surface area contributed by atoms with Crippen molar-refractivity contribution in [2.24, 2.45) is 0 Å². The van der Waals surface area contributed by atoms with Crippen LogP contribution in [0.5, 0.6) is 0 Å². The first-order valence-corrected chi connectivity index (χ1v) is 31.1. The number of hydrogen-bond donors (Lipinski definition) is 0. The summed E-state index contributed by atoms with van der Waals surface area (Å²) in [6.07, 6.45) is 6.36. The molecule has 2 aliphatic rings. The number of likely N-dealkylation sites (tertiary alicyclic amines) is 2. The van der Waals surface area contributed by atoms with E-state index in [0.717, 1.165) is 37.8 Å². The van der Waals surface area contributed by atoms with Crippen LogP contribution in [0.15, 0.2) is 67.0 Å². The van der Waals surface area contributed by atoms with Gasteiger partial charge >= 0.3 is 12.2 Å². The minimum absolute atomic E-state index is 0.0636. The molecule has 23 heteroatoms. The van der Waals surface area contributed by atoms with Crippen LogP contribution >= 0.6 is 22.6 Å². The van der Waals surface area contributed by atoms with Crippen LogP contribution in [0.1, 0.15) is 105 Å². The molecule has 2 aromatic carbocycles. The molecule has 16 nitrogen and oxygen atoms in total. The lowest BCUT2D eigenvalue weighted by Crippen LogP contribution is -2.47. The van der Waals surface area contributed by atoms with E-state index >= 15 is 8.78 Å². The SMILES string of the molecule is CCCS(=O)(=O)Cc1ccc(F)c(-n2cc(I)c3nc(N(C)C4CCN(C(=O)OC(C)(C)C)CC4)ccc32)c1F.CCCS(=O)(=O)Cc1ccc(F)c(-n2ccc3nc(N(C)C4CCN(C(=O)OC(C)(C)C)CC4)ccc32)c1F. The van der Waals surface area contributed by atoms with Crippen molar-refractivity contribution in [3.8, 4) is 11.4 Å². The first-order valence-electron chi connectivity index (χ1n) is 26.4. The number of hydrogen-bond acceptors (Lipinski definition) is 12. The minimum atomic E-state index is -3.52. The number of amides is 2. The van der Waals surface area contributed by atoms with Gasteiger partial charge in [0.1, 0.15) is 51.4 Å². The zero-order valence-corrected chi connectivity index (χ0v) is 50.2. The third-order valence-corrected chi connectivity index (χ3v) is 18.1. The van der Waals surface area contributed by atoms with Crippen LogP contribution in [-0.2, 0) is 40.7 Å². The van der Waals surface area contributed by atoms with Crippen LogP contribution in [0.2, 0.25) is 0 Å². The summed E-state index contributed by atoms with van der Waals surface area (Å²) in [5.41, 5.74) is 0.268. The van der Waals surface area contributed by atoms with Crippen molar-refractivity contribution >= 4 is 88.2 Å². The second-order valence-electron chi connectivity index (χ2n) is 22.2. The van der Waals surface area contributed by atoms with Crippen molar-refractivity contribution in [2.45, 2.75) is 129 Å². The largest absolute Gasteiger partial charge is 0.444 e. The predicted octanol–water partition coefficient (Wildman–Crippen LogP) is 11.5. The summed E-state index contributed by atoms with van der Waals surface area (Å²) in [6.45, 7) is 16.8. The highest BCUT2D eigenvalue weighted by Crippen LogP contribution is 2.34. The molecule has 0 aliphatic carbocycles. The van der Waals surface area contributed by atoms with Gasteiger partial charge in [-0.15, -0.1) is 0 Å². The van der Waals surface area contributed by atoms with E-state index in [9.17, 15) is 35.2 Å². The van der Waals surface area contributed by atoms with E-state index in [4.69, 9.17) is 19.4 Å². The molecule has 2 saturated heterocycles. The highest BCUT2D eigenvalue weighted by atomic mass is 127. The van der Waals surface area contributed by atoms with E-state index in [0.29, 0.717) is 76.3 Å². The van der Waals surface area contributed by atoms with Crippen molar-refractivity contribution < 1.29 is 53.5 Å². The molecule has 6 heterocycles. The van der Waals surface area contributed by atoms with Crippen molar-refractivity contribution in [1.29, 1.82) is 0 Å². The molecule has 4 aromatic heterocycles. The first-order chi connectivity index (χ1) is 37.0. The second kappa shape index (κ2) is 24.6. The number of aromatic nitrogens is 4. The highest BCUT2D eigenvalue weighted by Gasteiger charge is 2.32. The monoisotopic (exact) mass is 1250 g/mol. The lowest BCUT2D eigenvalue weighted by molar-refractivity contribution is 0.0195. The zero-order chi connectivity index (χ0) is 57.9. The fourth-order valence-corrected chi connectivity index (χ4v) is 13.4. The Bertz CT molecular complexity index is 3420. The Morgan fingerprint density at radius 1 is 0.620 bits per heavy atom. The van der Waals surface area contributed by atoms with Gasteiger partial charge in [0.05, 0.1) is 43.1 Å². The number of piperidine rings is 2. The number of benzene rings is 2. The molecular weight excluding hydrogens is 1180 g/mol. The summed E-state index contributed by atoms with van der Waals surface area (Å²) in [5, 5.41) is 0. The standard InChI is InChI=1S/C28H35F2IN4O4S.C28H36F2N4O4S/c1-6-15-40(37,38)17-18-7-8-20(29)26(24(18)30)35-16-21(31)25-22(35)9-10-23(32-25)33(5)19-11-13-34(14-12-19)27(36)39-28(2,3)4;1-6-17-39(36,37)18-19-7-8-21(29)26(25(19)30)34-16-13-22-23(34)9-10-24(31-22)32(5)20-11-14-33(15-12-20)27(35)38-28(2,3)4/h7-10,16,19H,6,11-15,17H2,1-5H3;7-10,13,16,20H,6,11-12,14-15,17-18H2,1-5H3. The van der Waals surface area contributed by atoms with E-state index < -0.39 is 65.7 Å². The van der Waals surface area contributed by atoms with Crippen molar-refractivity contribution in [1.82, 2.24) is 28.9 Å². The van der Waals surface area contributed by atoms with E-state index in [2.05, 4.69) is 32.4 Å². The maximum Gasteiger partial charge on any atom is 0.410 e. The Kier molecular flexibility index (Phi) is 19.0. The molecule has 0 N–H and O–H groups in total. The van der Waals surface area contributed by atoms with E-state index in [1.54, 1.807) is 60.2 Å². The predicted molar refractivity (Wildman–Crippen MR) is 309 cm³/mol. The summed E-state index contributed by atoms with van der Waals surface area (Å²) in [6, 6.07) is 13.7. The van der Waals surface area contributed by atoms with Crippen LogP contribution in [-0.4, -0.2) is 133 Å². The van der Waals surface area contributed by atoms with Gasteiger partial charge < -0.3 is 38.2 Å². The number of rotatable bonds is 14. The first kappa shape index (κ1) is 60.9. The summed E-state index contributed by atoms with van der Waals surface area (Å²) in [4.78, 5) is 41.9. The van der Waals surface area contributed by atoms with Gasteiger partial charge in [0, 0.05) is 75.9 Å². The van der Waals surface area contributed by atoms with Gasteiger partial charge in [0.15, 0.2) is 31.3 Å². The van der Waals surface area contributed by atoms with Crippen LogP contribution in [0, 0.1) is 26.8 Å². The summed E-state index contributed by atoms with van der Waals surface area (Å²) in [5.74, 6) is -3.07. The van der Waals surface area contributed by atoms with Crippen molar-refractivity contribution in [3.63, 3.8) is 0 Å². The number of carbonyl (C=O) groups is 2. The second-order valence-corrected chi connectivity index (χ2v) is 27.7. The molecular formula is C56H71F4IN8O8S2. The van der Waals surface area contributed by atoms with E-state index in [-0.39, 0.29) is 58.3 Å². The fourth-order valence-electron chi connectivity index (χ4n) is 9.81. The quantitative estimate of drug-likeness (QED) is 0.0748. The van der Waals surface area contributed by atoms with Gasteiger partial charge in [-0.05, 0) is 145 Å². The number of halogens is 5. The van der Waals surface area contributed by atoms with Gasteiger partial charge in [-0.3, -0.25) is 0 Å². The number of pyridine rings is 2. The number of ether oxygens (including phenoxy) is 2. The molecule has 0 spiro atoms. The Labute approximate surface area is 474 Å². The molecule has 430 valence electrons. The molecule has 0 bridgehead atoms. The lowest BCUT2D eigenvalue weighted by atomic mass is 10.0. The van der Waals surface area contributed by atoms with Gasteiger partial charge in [-0.25, -0.2) is 54.0 Å². The number of carbonyl (C=O) groups excluding carboxylic acids is 2. The maximum absolute atomic E-state index is 15.6. The Hall–Kier alpha value is -5.69. The third kappa shape index (κ3) is 14.8. The number of anilines is 2. The molecule has 0 unspecified atom stereocenters. The zero-order valence-electron chi connectivity index (χ0n) is 46.5. The maximum atomic E-state index is 15.6. The van der Waals surface area contributed by atoms with E-state index in [1.165, 1.54) is 27.5 Å². The third-order valence-electron chi connectivity index (χ3n) is 13.7. The summed E-state index contributed by atoms with van der Waals surface area (Å²) >= 11 is 2.09. The van der Waals surface area contributed by atoms with Crippen LogP contribution in [0.25, 0.3) is 33.4 Å². The highest BCUT2D eigenvalue weighted by molar-refractivity contribution is 14.1. The molecule has 0 saturated carbocycles. The Balaban J connectivity index is 0.000000229. The number of nitrogens with zero attached hydrogens (tertiary/aromatic N) is 8. The van der Waals surface area contributed by atoms with Crippen LogP contribution in [0.3, 0.4) is 0 Å². The van der Waals surface area contributed by atoms with Crippen molar-refractivity contribution in [2.75, 3.05) is 61.6 Å².